The summed E-state index contributed by atoms with van der Waals surface area (Å²) in [6, 6.07) is 5.18. The number of hydroxylamine groups is 1. The molecular weight excluding hydrogens is 329 g/mol. The maximum atomic E-state index is 11.6. The van der Waals surface area contributed by atoms with Crippen LogP contribution in [0.2, 0.25) is 10.0 Å². The van der Waals surface area contributed by atoms with Crippen LogP contribution in [0.15, 0.2) is 18.2 Å². The number of amides is 1. The van der Waals surface area contributed by atoms with Crippen LogP contribution in [-0.2, 0) is 14.4 Å². The fraction of sp³-hybridized carbons (Fsp3) is 0.533. The van der Waals surface area contributed by atoms with Crippen LogP contribution in [0.3, 0.4) is 0 Å². The summed E-state index contributed by atoms with van der Waals surface area (Å²) in [7, 11) is 0. The first-order chi connectivity index (χ1) is 10.7. The lowest BCUT2D eigenvalue weighted by atomic mass is 10.2. The fourth-order valence-corrected chi connectivity index (χ4v) is 2.34. The Kier molecular flexibility index (Phi) is 7.25. The van der Waals surface area contributed by atoms with Gasteiger partial charge in [-0.1, -0.05) is 29.3 Å². The SMILES string of the molecule is O=C(CCCOc1cccc(Cl)c1Cl)NOC1CCCCO1. The summed E-state index contributed by atoms with van der Waals surface area (Å²) in [6.07, 6.45) is 3.40. The van der Waals surface area contributed by atoms with Crippen LogP contribution < -0.4 is 10.2 Å². The molecule has 7 heteroatoms. The van der Waals surface area contributed by atoms with Crippen molar-refractivity contribution in [3.05, 3.63) is 28.2 Å². The van der Waals surface area contributed by atoms with E-state index in [0.29, 0.717) is 41.9 Å². The second-order valence-electron chi connectivity index (χ2n) is 4.94. The van der Waals surface area contributed by atoms with Crippen molar-refractivity contribution < 1.29 is 19.1 Å². The van der Waals surface area contributed by atoms with Crippen molar-refractivity contribution >= 4 is 29.1 Å². The van der Waals surface area contributed by atoms with E-state index >= 15 is 0 Å². The third-order valence-corrected chi connectivity index (χ3v) is 3.97. The predicted molar refractivity (Wildman–Crippen MR) is 84.0 cm³/mol. The molecule has 0 aliphatic carbocycles. The van der Waals surface area contributed by atoms with Crippen LogP contribution >= 0.6 is 23.2 Å². The van der Waals surface area contributed by atoms with E-state index in [4.69, 9.17) is 37.5 Å². The lowest BCUT2D eigenvalue weighted by Crippen LogP contribution is -2.33. The topological polar surface area (TPSA) is 56.8 Å². The molecule has 0 bridgehead atoms. The molecule has 22 heavy (non-hydrogen) atoms. The number of rotatable bonds is 7. The minimum absolute atomic E-state index is 0.199. The van der Waals surface area contributed by atoms with Gasteiger partial charge in [0.05, 0.1) is 11.6 Å². The molecule has 122 valence electrons. The number of halogens is 2. The maximum absolute atomic E-state index is 11.6. The van der Waals surface area contributed by atoms with Crippen molar-refractivity contribution in [2.75, 3.05) is 13.2 Å². The highest BCUT2D eigenvalue weighted by molar-refractivity contribution is 6.42. The van der Waals surface area contributed by atoms with Crippen LogP contribution in [-0.4, -0.2) is 25.4 Å². The molecule has 1 atom stereocenters. The molecule has 1 fully saturated rings. The molecule has 1 amide bonds. The largest absolute Gasteiger partial charge is 0.492 e. The zero-order valence-electron chi connectivity index (χ0n) is 12.1. The Labute approximate surface area is 139 Å². The Morgan fingerprint density at radius 2 is 2.23 bits per heavy atom. The summed E-state index contributed by atoms with van der Waals surface area (Å²) in [5, 5.41) is 0.823. The Morgan fingerprint density at radius 3 is 3.00 bits per heavy atom. The van der Waals surface area contributed by atoms with Crippen LogP contribution in [0.5, 0.6) is 5.75 Å². The van der Waals surface area contributed by atoms with Gasteiger partial charge < -0.3 is 9.47 Å². The second-order valence-corrected chi connectivity index (χ2v) is 5.73. The summed E-state index contributed by atoms with van der Waals surface area (Å²) in [4.78, 5) is 16.8. The van der Waals surface area contributed by atoms with Crippen molar-refractivity contribution in [2.45, 2.75) is 38.4 Å². The van der Waals surface area contributed by atoms with Crippen molar-refractivity contribution in [3.8, 4) is 5.75 Å². The lowest BCUT2D eigenvalue weighted by Gasteiger charge is -2.22. The van der Waals surface area contributed by atoms with Gasteiger partial charge in [0.2, 0.25) is 5.91 Å². The molecule has 1 heterocycles. The average molecular weight is 348 g/mol. The highest BCUT2D eigenvalue weighted by Crippen LogP contribution is 2.31. The summed E-state index contributed by atoms with van der Waals surface area (Å²) in [5.74, 6) is 0.316. The molecule has 1 aliphatic rings. The van der Waals surface area contributed by atoms with Gasteiger partial charge in [0.1, 0.15) is 10.8 Å². The average Bonchev–Trinajstić information content (AvgIpc) is 2.54. The van der Waals surface area contributed by atoms with Crippen molar-refractivity contribution in [1.82, 2.24) is 5.48 Å². The minimum atomic E-state index is -0.334. The first kappa shape index (κ1) is 17.3. The molecule has 2 rings (SSSR count). The van der Waals surface area contributed by atoms with Gasteiger partial charge in [0.25, 0.3) is 0 Å². The molecule has 1 aromatic carbocycles. The van der Waals surface area contributed by atoms with Gasteiger partial charge in [-0.25, -0.2) is 10.3 Å². The summed E-state index contributed by atoms with van der Waals surface area (Å²) >= 11 is 11.9. The molecule has 1 N–H and O–H groups in total. The molecule has 0 spiro atoms. The summed E-state index contributed by atoms with van der Waals surface area (Å²) in [6.45, 7) is 1.04. The monoisotopic (exact) mass is 347 g/mol. The van der Waals surface area contributed by atoms with Crippen LogP contribution in [0, 0.1) is 0 Å². The van der Waals surface area contributed by atoms with Gasteiger partial charge >= 0.3 is 0 Å². The van der Waals surface area contributed by atoms with Crippen LogP contribution in [0.1, 0.15) is 32.1 Å². The molecule has 1 aromatic rings. The summed E-state index contributed by atoms with van der Waals surface area (Å²) < 4.78 is 10.8. The Morgan fingerprint density at radius 1 is 1.36 bits per heavy atom. The van der Waals surface area contributed by atoms with Gasteiger partial charge in [-0.3, -0.25) is 4.79 Å². The Hall–Kier alpha value is -1.01. The van der Waals surface area contributed by atoms with Gasteiger partial charge in [0.15, 0.2) is 6.29 Å². The third kappa shape index (κ3) is 5.65. The van der Waals surface area contributed by atoms with Gasteiger partial charge in [-0.05, 0) is 31.4 Å². The predicted octanol–water partition coefficient (Wildman–Crippen LogP) is 3.73. The van der Waals surface area contributed by atoms with Gasteiger partial charge in [-0.15, -0.1) is 0 Å². The number of carbonyl (C=O) groups excluding carboxylic acids is 1. The fourth-order valence-electron chi connectivity index (χ4n) is 2.00. The molecule has 0 saturated carbocycles. The number of hydrogen-bond donors (Lipinski definition) is 1. The van der Waals surface area contributed by atoms with Gasteiger partial charge in [0, 0.05) is 19.4 Å². The van der Waals surface area contributed by atoms with E-state index in [1.165, 1.54) is 0 Å². The van der Waals surface area contributed by atoms with E-state index in [2.05, 4.69) is 5.48 Å². The molecule has 1 saturated heterocycles. The number of nitrogens with one attached hydrogen (secondary N) is 1. The van der Waals surface area contributed by atoms with E-state index in [1.54, 1.807) is 18.2 Å². The highest BCUT2D eigenvalue weighted by atomic mass is 35.5. The number of ether oxygens (including phenoxy) is 2. The molecule has 1 unspecified atom stereocenters. The molecule has 5 nitrogen and oxygen atoms in total. The van der Waals surface area contributed by atoms with Crippen LogP contribution in [0.25, 0.3) is 0 Å². The summed E-state index contributed by atoms with van der Waals surface area (Å²) in [5.41, 5.74) is 2.40. The molecule has 1 aliphatic heterocycles. The van der Waals surface area contributed by atoms with E-state index in [-0.39, 0.29) is 12.2 Å². The minimum Gasteiger partial charge on any atom is -0.492 e. The number of benzene rings is 1. The van der Waals surface area contributed by atoms with Crippen LogP contribution in [0.4, 0.5) is 0 Å². The quantitative estimate of drug-likeness (QED) is 0.603. The third-order valence-electron chi connectivity index (χ3n) is 3.16. The molecular formula is C15H19Cl2NO4. The number of hydrogen-bond acceptors (Lipinski definition) is 4. The zero-order chi connectivity index (χ0) is 15.8. The number of carbonyl (C=O) groups is 1. The van der Waals surface area contributed by atoms with E-state index in [9.17, 15) is 4.79 Å². The standard InChI is InChI=1S/C15H19Cl2NO4/c16-11-5-3-6-12(15(11)17)20-10-4-7-13(19)18-22-14-8-1-2-9-21-14/h3,5-6,14H,1-2,4,7-10H2,(H,18,19). The Bertz CT molecular complexity index is 492. The molecule has 0 radical (unpaired) electrons. The van der Waals surface area contributed by atoms with Crippen molar-refractivity contribution in [2.24, 2.45) is 0 Å². The van der Waals surface area contributed by atoms with Crippen molar-refractivity contribution in [1.29, 1.82) is 0 Å². The first-order valence-electron chi connectivity index (χ1n) is 7.29. The zero-order valence-corrected chi connectivity index (χ0v) is 13.7. The van der Waals surface area contributed by atoms with E-state index in [0.717, 1.165) is 19.3 Å². The lowest BCUT2D eigenvalue weighted by molar-refractivity contribution is -0.200. The highest BCUT2D eigenvalue weighted by Gasteiger charge is 2.15. The molecule has 0 aromatic heterocycles. The second kappa shape index (κ2) is 9.20. The maximum Gasteiger partial charge on any atom is 0.243 e. The van der Waals surface area contributed by atoms with E-state index < -0.39 is 0 Å². The Balaban J connectivity index is 1.59. The smallest absolute Gasteiger partial charge is 0.243 e. The normalized spacial score (nSPS) is 18.0. The van der Waals surface area contributed by atoms with Crippen molar-refractivity contribution in [3.63, 3.8) is 0 Å². The van der Waals surface area contributed by atoms with E-state index in [1.807, 2.05) is 0 Å². The van der Waals surface area contributed by atoms with Gasteiger partial charge in [-0.2, -0.15) is 0 Å². The first-order valence-corrected chi connectivity index (χ1v) is 8.05.